The van der Waals surface area contributed by atoms with E-state index in [2.05, 4.69) is 71.1 Å². The van der Waals surface area contributed by atoms with Crippen molar-refractivity contribution in [3.8, 4) is 0 Å². The summed E-state index contributed by atoms with van der Waals surface area (Å²) >= 11 is 1.88. The molecule has 0 spiro atoms. The Morgan fingerprint density at radius 1 is 1.14 bits per heavy atom. The second-order valence-corrected chi connectivity index (χ2v) is 8.67. The summed E-state index contributed by atoms with van der Waals surface area (Å²) in [5, 5.41) is 13.4. The summed E-state index contributed by atoms with van der Waals surface area (Å²) in [6, 6.07) is 8.88. The van der Waals surface area contributed by atoms with Crippen molar-refractivity contribution >= 4 is 11.8 Å². The maximum Gasteiger partial charge on any atom is 0.0611 e. The lowest BCUT2D eigenvalue weighted by Crippen LogP contribution is -2.47. The fraction of sp³-hybridized carbons (Fsp3) is 0.667. The zero-order valence-corrected chi connectivity index (χ0v) is 15.2. The number of aliphatic hydroxyl groups excluding tert-OH is 1. The van der Waals surface area contributed by atoms with Gasteiger partial charge < -0.3 is 10.4 Å². The molecular weight excluding hydrogens is 278 g/mol. The molecule has 0 fully saturated rings. The highest BCUT2D eigenvalue weighted by Gasteiger charge is 2.25. The van der Waals surface area contributed by atoms with Gasteiger partial charge in [-0.15, -0.1) is 11.8 Å². The van der Waals surface area contributed by atoms with E-state index in [9.17, 15) is 5.11 Å². The van der Waals surface area contributed by atoms with Crippen LogP contribution in [0.2, 0.25) is 0 Å². The van der Waals surface area contributed by atoms with Crippen LogP contribution in [0.5, 0.6) is 0 Å². The van der Waals surface area contributed by atoms with Gasteiger partial charge in [0, 0.05) is 15.7 Å². The second kappa shape index (κ2) is 7.66. The summed E-state index contributed by atoms with van der Waals surface area (Å²) in [5.41, 5.74) is 1.38. The summed E-state index contributed by atoms with van der Waals surface area (Å²) in [6.07, 6.45) is 0.947. The molecule has 0 heterocycles. The van der Waals surface area contributed by atoms with Crippen LogP contribution in [0.15, 0.2) is 29.2 Å². The van der Waals surface area contributed by atoms with Crippen molar-refractivity contribution in [3.63, 3.8) is 0 Å². The van der Waals surface area contributed by atoms with Crippen molar-refractivity contribution in [2.45, 2.75) is 69.1 Å². The molecule has 3 heteroatoms. The van der Waals surface area contributed by atoms with E-state index in [4.69, 9.17) is 0 Å². The number of thioether (sulfide) groups is 1. The molecule has 1 aromatic rings. The minimum absolute atomic E-state index is 0.175. The van der Waals surface area contributed by atoms with Crippen LogP contribution in [0.25, 0.3) is 0 Å². The van der Waals surface area contributed by atoms with E-state index >= 15 is 0 Å². The lowest BCUT2D eigenvalue weighted by Gasteiger charge is -2.31. The first kappa shape index (κ1) is 18.5. The number of aliphatic hydroxyl groups is 1. The molecule has 0 amide bonds. The van der Waals surface area contributed by atoms with E-state index < -0.39 is 0 Å². The smallest absolute Gasteiger partial charge is 0.0611 e. The van der Waals surface area contributed by atoms with Crippen LogP contribution in [-0.2, 0) is 5.41 Å². The van der Waals surface area contributed by atoms with Gasteiger partial charge >= 0.3 is 0 Å². The molecule has 0 saturated heterocycles. The summed E-state index contributed by atoms with van der Waals surface area (Å²) in [7, 11) is 0. The number of likely N-dealkylation sites (N-methyl/N-ethyl adjacent to an activating group) is 1. The van der Waals surface area contributed by atoms with Crippen LogP contribution in [0.3, 0.4) is 0 Å². The number of benzene rings is 1. The maximum absolute atomic E-state index is 9.59. The Kier molecular flexibility index (Phi) is 6.76. The van der Waals surface area contributed by atoms with Crippen LogP contribution in [-0.4, -0.2) is 29.0 Å². The molecule has 0 aliphatic heterocycles. The van der Waals surface area contributed by atoms with Crippen LogP contribution >= 0.6 is 11.8 Å². The third-order valence-corrected chi connectivity index (χ3v) is 4.86. The molecule has 2 N–H and O–H groups in total. The van der Waals surface area contributed by atoms with E-state index in [0.29, 0.717) is 5.25 Å². The summed E-state index contributed by atoms with van der Waals surface area (Å²) in [6.45, 7) is 14.2. The topological polar surface area (TPSA) is 32.3 Å². The molecule has 0 aliphatic rings. The van der Waals surface area contributed by atoms with Gasteiger partial charge in [-0.25, -0.2) is 0 Å². The SMILES string of the molecule is CCNC(C)(CO)CC(C)Sc1ccc(C(C)(C)C)cc1. The summed E-state index contributed by atoms with van der Waals surface area (Å²) in [5.74, 6) is 0. The first-order valence-corrected chi connectivity index (χ1v) is 8.71. The Hall–Kier alpha value is -0.510. The molecule has 2 unspecified atom stereocenters. The Balaban J connectivity index is 2.64. The normalized spacial score (nSPS) is 16.5. The Bertz CT molecular complexity index is 424. The first-order chi connectivity index (χ1) is 9.70. The van der Waals surface area contributed by atoms with Crippen molar-refractivity contribution in [2.24, 2.45) is 0 Å². The van der Waals surface area contributed by atoms with Crippen molar-refractivity contribution in [1.82, 2.24) is 5.32 Å². The predicted octanol–water partition coefficient (Wildman–Crippen LogP) is 4.22. The number of hydrogen-bond donors (Lipinski definition) is 2. The summed E-state index contributed by atoms with van der Waals surface area (Å²) in [4.78, 5) is 1.30. The van der Waals surface area contributed by atoms with Crippen LogP contribution in [0, 0.1) is 0 Å². The predicted molar refractivity (Wildman–Crippen MR) is 94.2 cm³/mol. The first-order valence-electron chi connectivity index (χ1n) is 7.83. The molecule has 2 nitrogen and oxygen atoms in total. The highest BCUT2D eigenvalue weighted by Crippen LogP contribution is 2.30. The Morgan fingerprint density at radius 3 is 2.14 bits per heavy atom. The molecule has 2 atom stereocenters. The van der Waals surface area contributed by atoms with Crippen LogP contribution < -0.4 is 5.32 Å². The van der Waals surface area contributed by atoms with Crippen molar-refractivity contribution < 1.29 is 5.11 Å². The molecular formula is C18H31NOS. The fourth-order valence-corrected chi connectivity index (χ4v) is 3.77. The quantitative estimate of drug-likeness (QED) is 0.740. The monoisotopic (exact) mass is 309 g/mol. The van der Waals surface area contributed by atoms with E-state index in [1.807, 2.05) is 11.8 Å². The molecule has 0 radical (unpaired) electrons. The van der Waals surface area contributed by atoms with E-state index in [0.717, 1.165) is 13.0 Å². The zero-order valence-electron chi connectivity index (χ0n) is 14.4. The minimum Gasteiger partial charge on any atom is -0.394 e. The van der Waals surface area contributed by atoms with Gasteiger partial charge in [0.25, 0.3) is 0 Å². The lowest BCUT2D eigenvalue weighted by atomic mass is 9.87. The van der Waals surface area contributed by atoms with Gasteiger partial charge in [-0.1, -0.05) is 46.8 Å². The molecule has 1 rings (SSSR count). The van der Waals surface area contributed by atoms with Gasteiger partial charge in [0.2, 0.25) is 0 Å². The molecule has 0 aromatic heterocycles. The molecule has 1 aromatic carbocycles. The number of rotatable bonds is 7. The number of hydrogen-bond acceptors (Lipinski definition) is 3. The highest BCUT2D eigenvalue weighted by molar-refractivity contribution is 7.99. The fourth-order valence-electron chi connectivity index (χ4n) is 2.56. The summed E-state index contributed by atoms with van der Waals surface area (Å²) < 4.78 is 0. The lowest BCUT2D eigenvalue weighted by molar-refractivity contribution is 0.168. The van der Waals surface area contributed by atoms with Crippen LogP contribution in [0.4, 0.5) is 0 Å². The van der Waals surface area contributed by atoms with E-state index in [1.165, 1.54) is 10.5 Å². The van der Waals surface area contributed by atoms with Crippen molar-refractivity contribution in [1.29, 1.82) is 0 Å². The van der Waals surface area contributed by atoms with Gasteiger partial charge in [0.1, 0.15) is 0 Å². The van der Waals surface area contributed by atoms with Crippen LogP contribution in [0.1, 0.15) is 53.5 Å². The zero-order chi connectivity index (χ0) is 16.1. The van der Waals surface area contributed by atoms with Gasteiger partial charge in [-0.2, -0.15) is 0 Å². The third kappa shape index (κ3) is 6.01. The molecule has 0 bridgehead atoms. The average Bonchev–Trinajstić information content (AvgIpc) is 2.38. The molecule has 21 heavy (non-hydrogen) atoms. The third-order valence-electron chi connectivity index (χ3n) is 3.75. The highest BCUT2D eigenvalue weighted by atomic mass is 32.2. The van der Waals surface area contributed by atoms with Crippen molar-refractivity contribution in [2.75, 3.05) is 13.2 Å². The average molecular weight is 310 g/mol. The number of nitrogens with one attached hydrogen (secondary N) is 1. The Morgan fingerprint density at radius 2 is 1.71 bits per heavy atom. The standard InChI is InChI=1S/C18H31NOS/c1-7-19-18(6,13-20)12-14(2)21-16-10-8-15(9-11-16)17(3,4)5/h8-11,14,19-20H,7,12-13H2,1-6H3. The second-order valence-electron chi connectivity index (χ2n) is 7.16. The largest absolute Gasteiger partial charge is 0.394 e. The van der Waals surface area contributed by atoms with Gasteiger partial charge in [0.15, 0.2) is 0 Å². The van der Waals surface area contributed by atoms with E-state index in [-0.39, 0.29) is 17.6 Å². The maximum atomic E-state index is 9.59. The Labute approximate surface area is 134 Å². The van der Waals surface area contributed by atoms with Crippen molar-refractivity contribution in [3.05, 3.63) is 29.8 Å². The molecule has 120 valence electrons. The minimum atomic E-state index is -0.188. The van der Waals surface area contributed by atoms with Gasteiger partial charge in [0.05, 0.1) is 6.61 Å². The van der Waals surface area contributed by atoms with Gasteiger partial charge in [-0.3, -0.25) is 0 Å². The molecule has 0 aliphatic carbocycles. The molecule has 0 saturated carbocycles. The van der Waals surface area contributed by atoms with Gasteiger partial charge in [-0.05, 0) is 43.0 Å². The van der Waals surface area contributed by atoms with E-state index in [1.54, 1.807) is 0 Å².